The van der Waals surface area contributed by atoms with E-state index in [0.717, 1.165) is 23.1 Å². The van der Waals surface area contributed by atoms with Gasteiger partial charge in [-0.2, -0.15) is 0 Å². The lowest BCUT2D eigenvalue weighted by Gasteiger charge is -2.62. The Morgan fingerprint density at radius 1 is 1.28 bits per heavy atom. The van der Waals surface area contributed by atoms with E-state index in [1.807, 2.05) is 31.2 Å². The number of aryl methyl sites for hydroxylation is 1. The van der Waals surface area contributed by atoms with Crippen molar-refractivity contribution in [2.24, 2.45) is 0 Å². The molecule has 2 amide bonds. The normalized spacial score (nSPS) is 27.7. The van der Waals surface area contributed by atoms with Gasteiger partial charge in [-0.3, -0.25) is 4.79 Å². The van der Waals surface area contributed by atoms with Crippen molar-refractivity contribution in [3.63, 3.8) is 0 Å². The van der Waals surface area contributed by atoms with Crippen molar-refractivity contribution in [2.75, 3.05) is 33.3 Å². The van der Waals surface area contributed by atoms with Crippen LogP contribution in [0.15, 0.2) is 36.4 Å². The summed E-state index contributed by atoms with van der Waals surface area (Å²) in [5, 5.41) is 28.3. The molecule has 0 unspecified atom stereocenters. The van der Waals surface area contributed by atoms with Crippen LogP contribution in [0.25, 0.3) is 11.1 Å². The molecule has 210 valence electrons. The van der Waals surface area contributed by atoms with Crippen molar-refractivity contribution in [3.8, 4) is 11.1 Å². The molecule has 1 spiro atoms. The molecule has 39 heavy (non-hydrogen) atoms. The summed E-state index contributed by atoms with van der Waals surface area (Å²) in [5.41, 5.74) is 1.49. The number of β-amino-alcohol motifs (C(OH)–C–C–N with tert-alkyl or cyclic N) is 1. The maximum absolute atomic E-state index is 15.6. The number of halogens is 1. The molecule has 0 radical (unpaired) electrons. The number of aliphatic hydroxyl groups excluding tert-OH is 1. The van der Waals surface area contributed by atoms with E-state index in [4.69, 9.17) is 0 Å². The molecule has 2 fully saturated rings. The summed E-state index contributed by atoms with van der Waals surface area (Å²) in [6.45, 7) is 3.60. The van der Waals surface area contributed by atoms with Crippen LogP contribution in [0, 0.1) is 5.82 Å². The minimum absolute atomic E-state index is 0.0771. The van der Waals surface area contributed by atoms with Crippen molar-refractivity contribution in [2.45, 2.75) is 68.6 Å². The van der Waals surface area contributed by atoms with Gasteiger partial charge in [-0.1, -0.05) is 37.3 Å². The van der Waals surface area contributed by atoms with E-state index >= 15 is 4.39 Å². The van der Waals surface area contributed by atoms with Crippen LogP contribution in [-0.4, -0.2) is 72.5 Å². The molecular weight excluding hydrogens is 501 g/mol. The minimum Gasteiger partial charge on any atom is -0.453 e. The molecule has 9 heteroatoms. The van der Waals surface area contributed by atoms with Crippen LogP contribution in [0.3, 0.4) is 0 Å². The van der Waals surface area contributed by atoms with Crippen LogP contribution in [0.1, 0.15) is 55.7 Å². The third kappa shape index (κ3) is 4.70. The molecular formula is C30H38FN3O5. The number of fused-ring (bicyclic) bond motifs is 2. The number of ether oxygens (including phenoxy) is 1. The first-order chi connectivity index (χ1) is 18.7. The average Bonchev–Trinajstić information content (AvgIpc) is 3.40. The Balaban J connectivity index is 1.54. The van der Waals surface area contributed by atoms with Gasteiger partial charge in [0.25, 0.3) is 0 Å². The largest absolute Gasteiger partial charge is 0.453 e. The first-order valence-corrected chi connectivity index (χ1v) is 13.9. The smallest absolute Gasteiger partial charge is 0.406 e. The van der Waals surface area contributed by atoms with Gasteiger partial charge in [-0.05, 0) is 66.8 Å². The van der Waals surface area contributed by atoms with Crippen LogP contribution in [0.5, 0.6) is 0 Å². The monoisotopic (exact) mass is 539 g/mol. The van der Waals surface area contributed by atoms with E-state index in [-0.39, 0.29) is 12.3 Å². The lowest BCUT2D eigenvalue weighted by molar-refractivity contribution is -0.147. The Kier molecular flexibility index (Phi) is 7.68. The molecule has 8 nitrogen and oxygen atoms in total. The number of hydrogen-bond acceptors (Lipinski definition) is 6. The lowest BCUT2D eigenvalue weighted by Crippen LogP contribution is -2.67. The second-order valence-electron chi connectivity index (χ2n) is 11.1. The van der Waals surface area contributed by atoms with E-state index < -0.39 is 35.1 Å². The highest BCUT2D eigenvalue weighted by Crippen LogP contribution is 2.63. The van der Waals surface area contributed by atoms with Gasteiger partial charge >= 0.3 is 6.09 Å². The zero-order chi connectivity index (χ0) is 27.8. The van der Waals surface area contributed by atoms with Gasteiger partial charge < -0.3 is 30.5 Å². The molecule has 0 bridgehead atoms. The molecule has 4 N–H and O–H groups in total. The Labute approximate surface area is 228 Å². The second-order valence-corrected chi connectivity index (χ2v) is 11.1. The standard InChI is InChI=1S/C30H38FN3O5/c1-3-19-7-4-8-20(15-19)25-23(31)10-9-22-26(25)30(38,12-5-13-32-28(37)39-2)29(22)11-6-14-34(18-29)27(36)24-16-21(35)17-33-24/h4,7-10,15,21,24,33,35,38H,3,5-6,11-14,16-18H2,1-2H3,(H,32,37)/t21-,24+,29-,30-/m1/s1. The van der Waals surface area contributed by atoms with E-state index in [9.17, 15) is 19.8 Å². The molecule has 3 aliphatic rings. The molecule has 2 heterocycles. The van der Waals surface area contributed by atoms with Crippen molar-refractivity contribution in [3.05, 3.63) is 58.9 Å². The highest BCUT2D eigenvalue weighted by atomic mass is 19.1. The van der Waals surface area contributed by atoms with Gasteiger partial charge in [0.1, 0.15) is 11.4 Å². The third-order valence-electron chi connectivity index (χ3n) is 8.88. The van der Waals surface area contributed by atoms with Crippen LogP contribution in [0.2, 0.25) is 0 Å². The van der Waals surface area contributed by atoms with Crippen LogP contribution in [-0.2, 0) is 27.0 Å². The van der Waals surface area contributed by atoms with Crippen LogP contribution in [0.4, 0.5) is 9.18 Å². The molecule has 4 atom stereocenters. The number of likely N-dealkylation sites (tertiary alicyclic amines) is 1. The Morgan fingerprint density at radius 2 is 2.10 bits per heavy atom. The maximum atomic E-state index is 15.6. The molecule has 1 aliphatic carbocycles. The fourth-order valence-electron chi connectivity index (χ4n) is 6.93. The molecule has 2 saturated heterocycles. The van der Waals surface area contributed by atoms with E-state index in [1.54, 1.807) is 11.0 Å². The average molecular weight is 540 g/mol. The van der Waals surface area contributed by atoms with Gasteiger partial charge in [-0.15, -0.1) is 0 Å². The zero-order valence-electron chi connectivity index (χ0n) is 22.6. The Bertz CT molecular complexity index is 1260. The van der Waals surface area contributed by atoms with E-state index in [1.165, 1.54) is 13.2 Å². The number of methoxy groups -OCH3 is 1. The number of amides is 2. The summed E-state index contributed by atoms with van der Waals surface area (Å²) in [5.74, 6) is -0.470. The Hall–Kier alpha value is -3.01. The van der Waals surface area contributed by atoms with Crippen molar-refractivity contribution < 1.29 is 28.9 Å². The van der Waals surface area contributed by atoms with Gasteiger partial charge in [0, 0.05) is 37.2 Å². The van der Waals surface area contributed by atoms with Gasteiger partial charge in [-0.25, -0.2) is 9.18 Å². The number of alkyl carbamates (subject to hydrolysis) is 1. The van der Waals surface area contributed by atoms with E-state index in [2.05, 4.69) is 15.4 Å². The van der Waals surface area contributed by atoms with E-state index in [0.29, 0.717) is 63.0 Å². The van der Waals surface area contributed by atoms with Crippen molar-refractivity contribution in [1.82, 2.24) is 15.5 Å². The highest BCUT2D eigenvalue weighted by Gasteiger charge is 2.64. The molecule has 2 aromatic carbocycles. The fourth-order valence-corrected chi connectivity index (χ4v) is 6.93. The number of rotatable bonds is 7. The Morgan fingerprint density at radius 3 is 2.82 bits per heavy atom. The quantitative estimate of drug-likeness (QED) is 0.403. The van der Waals surface area contributed by atoms with Crippen molar-refractivity contribution in [1.29, 1.82) is 0 Å². The highest BCUT2D eigenvalue weighted by molar-refractivity contribution is 5.83. The minimum atomic E-state index is -1.40. The predicted octanol–water partition coefficient (Wildman–Crippen LogP) is 2.98. The fraction of sp³-hybridized carbons (Fsp3) is 0.533. The van der Waals surface area contributed by atoms with Gasteiger partial charge in [0.15, 0.2) is 0 Å². The number of piperidine rings is 1. The SMILES string of the molecule is CCc1cccc(-c2c(F)ccc3c2[C@](O)(CCCNC(=O)OC)[C@@]32CCCN(C(=O)[C@@H]3C[C@@H](O)CN3)C2)c1. The van der Waals surface area contributed by atoms with Crippen LogP contribution >= 0.6 is 0 Å². The molecule has 2 aromatic rings. The first kappa shape index (κ1) is 27.6. The number of aliphatic hydroxyl groups is 2. The predicted molar refractivity (Wildman–Crippen MR) is 145 cm³/mol. The third-order valence-corrected chi connectivity index (χ3v) is 8.88. The van der Waals surface area contributed by atoms with Gasteiger partial charge in [0.05, 0.1) is 19.3 Å². The molecule has 2 aliphatic heterocycles. The molecule has 5 rings (SSSR count). The number of hydrogen-bond donors (Lipinski definition) is 4. The zero-order valence-corrected chi connectivity index (χ0v) is 22.6. The number of nitrogens with zero attached hydrogens (tertiary/aromatic N) is 1. The summed E-state index contributed by atoms with van der Waals surface area (Å²) in [6.07, 6.45) is 2.16. The summed E-state index contributed by atoms with van der Waals surface area (Å²) in [6, 6.07) is 10.5. The lowest BCUT2D eigenvalue weighted by atomic mass is 9.47. The summed E-state index contributed by atoms with van der Waals surface area (Å²) in [7, 11) is 1.30. The van der Waals surface area contributed by atoms with Crippen LogP contribution < -0.4 is 10.6 Å². The summed E-state index contributed by atoms with van der Waals surface area (Å²) < 4.78 is 20.3. The summed E-state index contributed by atoms with van der Waals surface area (Å²) in [4.78, 5) is 26.8. The van der Waals surface area contributed by atoms with Crippen molar-refractivity contribution >= 4 is 12.0 Å². The first-order valence-electron chi connectivity index (χ1n) is 13.9. The topological polar surface area (TPSA) is 111 Å². The molecule has 0 saturated carbocycles. The maximum Gasteiger partial charge on any atom is 0.406 e. The van der Waals surface area contributed by atoms with Gasteiger partial charge in [0.2, 0.25) is 5.91 Å². The number of benzene rings is 2. The number of nitrogens with one attached hydrogen (secondary N) is 2. The second kappa shape index (κ2) is 10.9. The molecule has 0 aromatic heterocycles. The number of carbonyl (C=O) groups is 2. The summed E-state index contributed by atoms with van der Waals surface area (Å²) >= 11 is 0. The number of carbonyl (C=O) groups excluding carboxylic acids is 2.